The summed E-state index contributed by atoms with van der Waals surface area (Å²) in [5, 5.41) is 8.69. The molecular weight excluding hydrogens is 220 g/mol. The van der Waals surface area contributed by atoms with Crippen LogP contribution in [-0.2, 0) is 4.79 Å². The molecule has 1 atom stereocenters. The van der Waals surface area contributed by atoms with Gasteiger partial charge in [-0.25, -0.2) is 0 Å². The van der Waals surface area contributed by atoms with E-state index >= 15 is 0 Å². The van der Waals surface area contributed by atoms with E-state index in [4.69, 9.17) is 5.11 Å². The molecule has 0 aliphatic rings. The lowest BCUT2D eigenvalue weighted by molar-refractivity contribution is -0.139. The lowest BCUT2D eigenvalue weighted by Crippen LogP contribution is -2.37. The van der Waals surface area contributed by atoms with Gasteiger partial charge in [0.15, 0.2) is 0 Å². The highest BCUT2D eigenvalue weighted by molar-refractivity contribution is 9.10. The molecule has 0 heterocycles. The number of hydrogen-bond acceptors (Lipinski definition) is 1. The average molecular weight is 237 g/mol. The first-order valence-electron chi connectivity index (χ1n) is 4.13. The molecule has 3 heteroatoms. The molecule has 0 spiro atoms. The quantitative estimate of drug-likeness (QED) is 0.763. The van der Waals surface area contributed by atoms with Crippen LogP contribution in [0.4, 0.5) is 0 Å². The molecule has 0 amide bonds. The van der Waals surface area contributed by atoms with Gasteiger partial charge in [0, 0.05) is 4.32 Å². The Bertz CT molecular complexity index is 173. The maximum Gasteiger partial charge on any atom is 0.303 e. The topological polar surface area (TPSA) is 37.3 Å². The van der Waals surface area contributed by atoms with Gasteiger partial charge >= 0.3 is 5.97 Å². The standard InChI is InChI=1S/C9H17BrO2/c1-5-9(4,10)8(2,3)6-7(11)12/h5-6H2,1-4H3,(H,11,12). The SMILES string of the molecule is CCC(C)(Br)C(C)(C)CC(=O)O. The first kappa shape index (κ1) is 11.9. The van der Waals surface area contributed by atoms with E-state index in [1.807, 2.05) is 20.8 Å². The maximum atomic E-state index is 10.6. The van der Waals surface area contributed by atoms with Gasteiger partial charge in [0.1, 0.15) is 0 Å². The molecule has 0 aliphatic carbocycles. The second kappa shape index (κ2) is 3.77. The predicted molar refractivity (Wildman–Crippen MR) is 53.7 cm³/mol. The molecule has 72 valence electrons. The van der Waals surface area contributed by atoms with Crippen LogP contribution in [0.5, 0.6) is 0 Å². The zero-order valence-electron chi connectivity index (χ0n) is 8.15. The average Bonchev–Trinajstić information content (AvgIpc) is 1.84. The number of alkyl halides is 1. The largest absolute Gasteiger partial charge is 0.481 e. The van der Waals surface area contributed by atoms with Crippen molar-refractivity contribution in [1.82, 2.24) is 0 Å². The van der Waals surface area contributed by atoms with E-state index in [1.165, 1.54) is 0 Å². The van der Waals surface area contributed by atoms with Gasteiger partial charge in [0.2, 0.25) is 0 Å². The molecule has 0 bridgehead atoms. The van der Waals surface area contributed by atoms with Crippen LogP contribution in [0.3, 0.4) is 0 Å². The van der Waals surface area contributed by atoms with Crippen molar-refractivity contribution in [2.24, 2.45) is 5.41 Å². The molecule has 1 unspecified atom stereocenters. The summed E-state index contributed by atoms with van der Waals surface area (Å²) < 4.78 is -0.0988. The lowest BCUT2D eigenvalue weighted by Gasteiger charge is -2.38. The summed E-state index contributed by atoms with van der Waals surface area (Å²) in [6.45, 7) is 8.03. The van der Waals surface area contributed by atoms with Crippen molar-refractivity contribution in [1.29, 1.82) is 0 Å². The third-order valence-electron chi connectivity index (χ3n) is 2.67. The van der Waals surface area contributed by atoms with Crippen LogP contribution in [0.25, 0.3) is 0 Å². The fourth-order valence-corrected chi connectivity index (χ4v) is 1.18. The van der Waals surface area contributed by atoms with Crippen molar-refractivity contribution < 1.29 is 9.90 Å². The van der Waals surface area contributed by atoms with Crippen LogP contribution < -0.4 is 0 Å². The third kappa shape index (κ3) is 2.77. The summed E-state index contributed by atoms with van der Waals surface area (Å²) in [5.74, 6) is -0.737. The number of rotatable bonds is 4. The monoisotopic (exact) mass is 236 g/mol. The van der Waals surface area contributed by atoms with E-state index in [0.29, 0.717) is 0 Å². The molecule has 0 fully saturated rings. The van der Waals surface area contributed by atoms with Crippen LogP contribution >= 0.6 is 15.9 Å². The highest BCUT2D eigenvalue weighted by Gasteiger charge is 2.38. The first-order chi connectivity index (χ1) is 5.23. The van der Waals surface area contributed by atoms with Gasteiger partial charge in [-0.3, -0.25) is 4.79 Å². The lowest BCUT2D eigenvalue weighted by atomic mass is 9.76. The van der Waals surface area contributed by atoms with E-state index in [9.17, 15) is 4.79 Å². The van der Waals surface area contributed by atoms with Gasteiger partial charge in [-0.1, -0.05) is 36.7 Å². The Balaban J connectivity index is 4.48. The molecule has 0 aromatic heterocycles. The van der Waals surface area contributed by atoms with E-state index < -0.39 is 5.97 Å². The Morgan fingerprint density at radius 3 is 2.08 bits per heavy atom. The van der Waals surface area contributed by atoms with E-state index in [2.05, 4.69) is 22.9 Å². The van der Waals surface area contributed by atoms with E-state index in [0.717, 1.165) is 6.42 Å². The zero-order chi connectivity index (χ0) is 9.99. The zero-order valence-corrected chi connectivity index (χ0v) is 9.73. The minimum Gasteiger partial charge on any atom is -0.481 e. The number of carboxylic acid groups (broad SMARTS) is 1. The highest BCUT2D eigenvalue weighted by atomic mass is 79.9. The molecule has 0 saturated carbocycles. The Morgan fingerprint density at radius 1 is 1.42 bits per heavy atom. The summed E-state index contributed by atoms with van der Waals surface area (Å²) in [4.78, 5) is 10.6. The molecule has 1 N–H and O–H groups in total. The summed E-state index contributed by atoms with van der Waals surface area (Å²) >= 11 is 3.57. The summed E-state index contributed by atoms with van der Waals surface area (Å²) in [6.07, 6.45) is 1.12. The molecule has 0 saturated heterocycles. The van der Waals surface area contributed by atoms with Crippen LogP contribution in [0.2, 0.25) is 0 Å². The highest BCUT2D eigenvalue weighted by Crippen LogP contribution is 2.43. The molecule has 0 rings (SSSR count). The van der Waals surface area contributed by atoms with Crippen LogP contribution in [0.15, 0.2) is 0 Å². The number of aliphatic carboxylic acids is 1. The molecule has 0 aromatic carbocycles. The van der Waals surface area contributed by atoms with Crippen LogP contribution in [0.1, 0.15) is 40.5 Å². The second-order valence-electron chi connectivity index (χ2n) is 4.01. The summed E-state index contributed by atoms with van der Waals surface area (Å²) in [7, 11) is 0. The number of carboxylic acids is 1. The maximum absolute atomic E-state index is 10.6. The Labute approximate surface area is 82.5 Å². The van der Waals surface area contributed by atoms with Gasteiger partial charge in [0.05, 0.1) is 6.42 Å². The van der Waals surface area contributed by atoms with Gasteiger partial charge in [-0.2, -0.15) is 0 Å². The fourth-order valence-electron chi connectivity index (χ4n) is 1.04. The van der Waals surface area contributed by atoms with Crippen LogP contribution in [0, 0.1) is 5.41 Å². The molecule has 12 heavy (non-hydrogen) atoms. The Kier molecular flexibility index (Phi) is 3.76. The first-order valence-corrected chi connectivity index (χ1v) is 4.93. The van der Waals surface area contributed by atoms with Crippen LogP contribution in [-0.4, -0.2) is 15.4 Å². The number of hydrogen-bond donors (Lipinski definition) is 1. The van der Waals surface area contributed by atoms with Crippen molar-refractivity contribution in [2.45, 2.75) is 44.9 Å². The van der Waals surface area contributed by atoms with Crippen molar-refractivity contribution in [2.75, 3.05) is 0 Å². The summed E-state index contributed by atoms with van der Waals surface area (Å²) in [5.41, 5.74) is -0.215. The normalized spacial score (nSPS) is 17.1. The summed E-state index contributed by atoms with van der Waals surface area (Å²) in [6, 6.07) is 0. The molecule has 0 radical (unpaired) electrons. The number of halogens is 1. The molecular formula is C9H17BrO2. The molecule has 2 nitrogen and oxygen atoms in total. The smallest absolute Gasteiger partial charge is 0.303 e. The van der Waals surface area contributed by atoms with Crippen molar-refractivity contribution in [3.63, 3.8) is 0 Å². The van der Waals surface area contributed by atoms with Crippen molar-refractivity contribution in [3.8, 4) is 0 Å². The Morgan fingerprint density at radius 2 is 1.83 bits per heavy atom. The predicted octanol–water partition coefficient (Wildman–Crippen LogP) is 3.05. The minimum absolute atomic E-state index is 0.0988. The molecule has 0 aromatic rings. The minimum atomic E-state index is -0.737. The van der Waals surface area contributed by atoms with Crippen molar-refractivity contribution in [3.05, 3.63) is 0 Å². The Hall–Kier alpha value is -0.0500. The van der Waals surface area contributed by atoms with Gasteiger partial charge in [-0.05, 0) is 18.8 Å². The van der Waals surface area contributed by atoms with E-state index in [-0.39, 0.29) is 16.2 Å². The van der Waals surface area contributed by atoms with Crippen molar-refractivity contribution >= 4 is 21.9 Å². The second-order valence-corrected chi connectivity index (χ2v) is 5.76. The number of carbonyl (C=O) groups is 1. The van der Waals surface area contributed by atoms with E-state index in [1.54, 1.807) is 0 Å². The van der Waals surface area contributed by atoms with Gasteiger partial charge in [0.25, 0.3) is 0 Å². The van der Waals surface area contributed by atoms with Gasteiger partial charge in [-0.15, -0.1) is 0 Å². The van der Waals surface area contributed by atoms with Gasteiger partial charge < -0.3 is 5.11 Å². The third-order valence-corrected chi connectivity index (χ3v) is 4.30. The molecule has 0 aliphatic heterocycles. The fraction of sp³-hybridized carbons (Fsp3) is 0.889.